The molecule has 0 saturated carbocycles. The molecular weight excluding hydrogens is 294 g/mol. The summed E-state index contributed by atoms with van der Waals surface area (Å²) < 4.78 is 5.19. The summed E-state index contributed by atoms with van der Waals surface area (Å²) >= 11 is 5.92. The first kappa shape index (κ1) is 17.3. The van der Waals surface area contributed by atoms with Gasteiger partial charge in [0.05, 0.1) is 20.0 Å². The van der Waals surface area contributed by atoms with Crippen LogP contribution < -0.4 is 10.1 Å². The number of carboxylic acid groups (broad SMARTS) is 1. The number of nitrogens with one attached hydrogen (secondary N) is 1. The van der Waals surface area contributed by atoms with Gasteiger partial charge in [-0.25, -0.2) is 0 Å². The highest BCUT2D eigenvalue weighted by Crippen LogP contribution is 2.23. The van der Waals surface area contributed by atoms with Crippen LogP contribution >= 0.6 is 11.6 Å². The fourth-order valence-corrected chi connectivity index (χ4v) is 2.32. The van der Waals surface area contributed by atoms with Gasteiger partial charge < -0.3 is 15.2 Å². The second kappa shape index (κ2) is 8.52. The van der Waals surface area contributed by atoms with E-state index >= 15 is 0 Å². The molecule has 2 N–H and O–H groups in total. The highest BCUT2D eigenvalue weighted by molar-refractivity contribution is 6.30. The van der Waals surface area contributed by atoms with E-state index in [1.54, 1.807) is 18.2 Å². The van der Waals surface area contributed by atoms with Crippen LogP contribution in [0.25, 0.3) is 0 Å². The number of ether oxygens (including phenoxy) is 1. The van der Waals surface area contributed by atoms with Gasteiger partial charge in [-0.3, -0.25) is 9.59 Å². The Morgan fingerprint density at radius 2 is 2.14 bits per heavy atom. The molecule has 0 heterocycles. The van der Waals surface area contributed by atoms with E-state index < -0.39 is 5.97 Å². The first-order chi connectivity index (χ1) is 9.96. The number of amides is 1. The van der Waals surface area contributed by atoms with E-state index in [-0.39, 0.29) is 24.8 Å². The molecule has 1 amide bonds. The fraction of sp³-hybridized carbons (Fsp3) is 0.467. The zero-order valence-electron chi connectivity index (χ0n) is 12.2. The number of halogens is 1. The van der Waals surface area contributed by atoms with Crippen molar-refractivity contribution in [2.75, 3.05) is 7.11 Å². The summed E-state index contributed by atoms with van der Waals surface area (Å²) in [7, 11) is 1.52. The van der Waals surface area contributed by atoms with Crippen LogP contribution in [0.2, 0.25) is 5.02 Å². The van der Waals surface area contributed by atoms with Crippen molar-refractivity contribution in [2.45, 2.75) is 38.6 Å². The lowest BCUT2D eigenvalue weighted by molar-refractivity contribution is -0.137. The molecule has 1 aromatic carbocycles. The average molecular weight is 314 g/mol. The molecule has 116 valence electrons. The zero-order valence-corrected chi connectivity index (χ0v) is 12.9. The molecule has 1 atom stereocenters. The van der Waals surface area contributed by atoms with Crippen LogP contribution in [0.5, 0.6) is 5.75 Å². The predicted octanol–water partition coefficient (Wildman–Crippen LogP) is 2.65. The van der Waals surface area contributed by atoms with Gasteiger partial charge in [-0.05, 0) is 24.6 Å². The van der Waals surface area contributed by atoms with E-state index in [0.29, 0.717) is 22.8 Å². The molecular formula is C15H20ClNO4. The lowest BCUT2D eigenvalue weighted by Crippen LogP contribution is -2.37. The van der Waals surface area contributed by atoms with Gasteiger partial charge in [0.25, 0.3) is 0 Å². The molecule has 0 fully saturated rings. The van der Waals surface area contributed by atoms with E-state index in [4.69, 9.17) is 21.4 Å². The van der Waals surface area contributed by atoms with Crippen LogP contribution in [0.1, 0.15) is 31.7 Å². The Bertz CT molecular complexity index is 504. The van der Waals surface area contributed by atoms with E-state index in [1.165, 1.54) is 7.11 Å². The Kier molecular flexibility index (Phi) is 7.02. The number of methoxy groups -OCH3 is 1. The lowest BCUT2D eigenvalue weighted by atomic mass is 10.1. The van der Waals surface area contributed by atoms with Crippen LogP contribution in [0.15, 0.2) is 18.2 Å². The molecule has 0 aromatic heterocycles. The Morgan fingerprint density at radius 1 is 1.43 bits per heavy atom. The molecule has 0 spiro atoms. The van der Waals surface area contributed by atoms with Gasteiger partial charge in [0.15, 0.2) is 0 Å². The average Bonchev–Trinajstić information content (AvgIpc) is 2.38. The van der Waals surface area contributed by atoms with E-state index in [2.05, 4.69) is 5.32 Å². The molecule has 1 aromatic rings. The monoisotopic (exact) mass is 313 g/mol. The van der Waals surface area contributed by atoms with E-state index in [9.17, 15) is 9.59 Å². The van der Waals surface area contributed by atoms with Crippen LogP contribution in [-0.4, -0.2) is 30.1 Å². The van der Waals surface area contributed by atoms with E-state index in [0.717, 1.165) is 6.42 Å². The van der Waals surface area contributed by atoms with Crippen LogP contribution in [0.4, 0.5) is 0 Å². The fourth-order valence-electron chi connectivity index (χ4n) is 2.12. The van der Waals surface area contributed by atoms with Crippen molar-refractivity contribution in [3.05, 3.63) is 28.8 Å². The van der Waals surface area contributed by atoms with Crippen molar-refractivity contribution in [3.63, 3.8) is 0 Å². The zero-order chi connectivity index (χ0) is 15.8. The van der Waals surface area contributed by atoms with Crippen molar-refractivity contribution < 1.29 is 19.4 Å². The molecule has 0 bridgehead atoms. The Balaban J connectivity index is 2.71. The minimum absolute atomic E-state index is 0.0771. The number of carboxylic acids is 1. The Hall–Kier alpha value is -1.75. The molecule has 5 nitrogen and oxygen atoms in total. The normalized spacial score (nSPS) is 11.8. The molecule has 21 heavy (non-hydrogen) atoms. The number of hydrogen-bond acceptors (Lipinski definition) is 3. The maximum Gasteiger partial charge on any atom is 0.305 e. The first-order valence-electron chi connectivity index (χ1n) is 6.79. The number of benzene rings is 1. The number of rotatable bonds is 8. The first-order valence-corrected chi connectivity index (χ1v) is 7.17. The van der Waals surface area contributed by atoms with Gasteiger partial charge in [-0.2, -0.15) is 0 Å². The molecule has 0 saturated heterocycles. The maximum atomic E-state index is 12.1. The third kappa shape index (κ3) is 6.04. The standard InChI is InChI=1S/C15H20ClNO4/c1-3-4-12(9-15(19)20)17-14(18)8-10-7-11(16)5-6-13(10)21-2/h5-7,12H,3-4,8-9H2,1-2H3,(H,17,18)(H,19,20). The summed E-state index contributed by atoms with van der Waals surface area (Å²) in [6.07, 6.45) is 1.46. The second-order valence-corrected chi connectivity index (χ2v) is 5.22. The summed E-state index contributed by atoms with van der Waals surface area (Å²) in [6.45, 7) is 1.95. The molecule has 0 aliphatic carbocycles. The number of aliphatic carboxylic acids is 1. The largest absolute Gasteiger partial charge is 0.496 e. The van der Waals surface area contributed by atoms with Crippen molar-refractivity contribution in [2.24, 2.45) is 0 Å². The van der Waals surface area contributed by atoms with Gasteiger partial charge in [0.2, 0.25) is 5.91 Å². The summed E-state index contributed by atoms with van der Waals surface area (Å²) in [5, 5.41) is 12.1. The lowest BCUT2D eigenvalue weighted by Gasteiger charge is -2.16. The molecule has 0 aliphatic rings. The van der Waals surface area contributed by atoms with Crippen LogP contribution in [-0.2, 0) is 16.0 Å². The van der Waals surface area contributed by atoms with Gasteiger partial charge in [0.1, 0.15) is 5.75 Å². The van der Waals surface area contributed by atoms with Crippen molar-refractivity contribution in [3.8, 4) is 5.75 Å². The van der Waals surface area contributed by atoms with Gasteiger partial charge in [-0.1, -0.05) is 24.9 Å². The van der Waals surface area contributed by atoms with Crippen LogP contribution in [0, 0.1) is 0 Å². The molecule has 1 rings (SSSR count). The number of carbonyl (C=O) groups is 2. The number of carbonyl (C=O) groups excluding carboxylic acids is 1. The van der Waals surface area contributed by atoms with E-state index in [1.807, 2.05) is 6.92 Å². The topological polar surface area (TPSA) is 75.6 Å². The summed E-state index contributed by atoms with van der Waals surface area (Å²) in [4.78, 5) is 22.8. The van der Waals surface area contributed by atoms with Crippen molar-refractivity contribution >= 4 is 23.5 Å². The summed E-state index contributed by atoms with van der Waals surface area (Å²) in [5.74, 6) is -0.579. The molecule has 1 unspecified atom stereocenters. The van der Waals surface area contributed by atoms with Crippen molar-refractivity contribution in [1.29, 1.82) is 0 Å². The second-order valence-electron chi connectivity index (χ2n) is 4.78. The quantitative estimate of drug-likeness (QED) is 0.773. The van der Waals surface area contributed by atoms with Gasteiger partial charge >= 0.3 is 5.97 Å². The maximum absolute atomic E-state index is 12.1. The molecule has 0 aliphatic heterocycles. The van der Waals surface area contributed by atoms with Crippen molar-refractivity contribution in [1.82, 2.24) is 5.32 Å². The minimum atomic E-state index is -0.922. The minimum Gasteiger partial charge on any atom is -0.496 e. The summed E-state index contributed by atoms with van der Waals surface area (Å²) in [6, 6.07) is 4.70. The van der Waals surface area contributed by atoms with Crippen LogP contribution in [0.3, 0.4) is 0 Å². The SMILES string of the molecule is CCCC(CC(=O)O)NC(=O)Cc1cc(Cl)ccc1OC. The summed E-state index contributed by atoms with van der Waals surface area (Å²) in [5.41, 5.74) is 0.674. The van der Waals surface area contributed by atoms with Gasteiger partial charge in [0, 0.05) is 16.6 Å². The Labute approximate surface area is 129 Å². The smallest absolute Gasteiger partial charge is 0.305 e. The highest BCUT2D eigenvalue weighted by Gasteiger charge is 2.16. The number of hydrogen-bond donors (Lipinski definition) is 2. The molecule has 0 radical (unpaired) electrons. The Morgan fingerprint density at radius 3 is 2.71 bits per heavy atom. The predicted molar refractivity (Wildman–Crippen MR) is 80.8 cm³/mol. The third-order valence-electron chi connectivity index (χ3n) is 3.02. The van der Waals surface area contributed by atoms with Gasteiger partial charge in [-0.15, -0.1) is 0 Å². The highest BCUT2D eigenvalue weighted by atomic mass is 35.5. The third-order valence-corrected chi connectivity index (χ3v) is 3.25. The molecule has 6 heteroatoms.